The fourth-order valence-corrected chi connectivity index (χ4v) is 7.52. The van der Waals surface area contributed by atoms with Crippen LogP contribution in [-0.2, 0) is 0 Å². The van der Waals surface area contributed by atoms with Gasteiger partial charge >= 0.3 is 0 Å². The molecule has 2 heterocycles. The summed E-state index contributed by atoms with van der Waals surface area (Å²) in [6, 6.07) is 68.1. The Hall–Kier alpha value is -7.10. The minimum Gasteiger partial charge on any atom is -0.456 e. The van der Waals surface area contributed by atoms with Crippen molar-refractivity contribution < 1.29 is 4.42 Å². The highest BCUT2D eigenvalue weighted by Crippen LogP contribution is 2.41. The van der Waals surface area contributed by atoms with Crippen LogP contribution in [-0.4, -0.2) is 9.97 Å². The lowest BCUT2D eigenvalue weighted by Crippen LogP contribution is -1.96. The molecular formula is C50H32N2O. The maximum atomic E-state index is 6.35. The van der Waals surface area contributed by atoms with Gasteiger partial charge in [0.1, 0.15) is 11.2 Å². The molecule has 10 rings (SSSR count). The fraction of sp³-hybridized carbons (Fsp3) is 0. The lowest BCUT2D eigenvalue weighted by molar-refractivity contribution is 0.669. The predicted molar refractivity (Wildman–Crippen MR) is 219 cm³/mol. The quantitative estimate of drug-likeness (QED) is 0.176. The first-order valence-corrected chi connectivity index (χ1v) is 17.9. The van der Waals surface area contributed by atoms with Crippen LogP contribution in [0.15, 0.2) is 199 Å². The molecule has 0 aliphatic heterocycles. The summed E-state index contributed by atoms with van der Waals surface area (Å²) in [6.07, 6.45) is 0. The smallest absolute Gasteiger partial charge is 0.160 e. The molecule has 0 amide bonds. The summed E-state index contributed by atoms with van der Waals surface area (Å²) in [4.78, 5) is 10.3. The van der Waals surface area contributed by atoms with Gasteiger partial charge in [-0.25, -0.2) is 9.97 Å². The van der Waals surface area contributed by atoms with Gasteiger partial charge in [-0.15, -0.1) is 0 Å². The van der Waals surface area contributed by atoms with E-state index in [2.05, 4.69) is 158 Å². The second-order valence-corrected chi connectivity index (χ2v) is 13.4. The first-order chi connectivity index (χ1) is 26.2. The predicted octanol–water partition coefficient (Wildman–Crippen LogP) is 13.5. The van der Waals surface area contributed by atoms with E-state index in [1.165, 1.54) is 21.9 Å². The minimum absolute atomic E-state index is 0.690. The van der Waals surface area contributed by atoms with Crippen LogP contribution >= 0.6 is 0 Å². The van der Waals surface area contributed by atoms with E-state index in [4.69, 9.17) is 14.4 Å². The van der Waals surface area contributed by atoms with Crippen LogP contribution < -0.4 is 0 Å². The molecule has 53 heavy (non-hydrogen) atoms. The van der Waals surface area contributed by atoms with Gasteiger partial charge in [-0.1, -0.05) is 152 Å². The Kier molecular flexibility index (Phi) is 7.47. The largest absolute Gasteiger partial charge is 0.456 e. The molecule has 0 bridgehead atoms. The maximum Gasteiger partial charge on any atom is 0.160 e. The lowest BCUT2D eigenvalue weighted by atomic mass is 9.91. The Morgan fingerprint density at radius 2 is 0.868 bits per heavy atom. The Morgan fingerprint density at radius 3 is 1.72 bits per heavy atom. The molecule has 0 aliphatic rings. The summed E-state index contributed by atoms with van der Waals surface area (Å²) in [6.45, 7) is 0. The third-order valence-electron chi connectivity index (χ3n) is 10.1. The van der Waals surface area contributed by atoms with Crippen LogP contribution in [0.25, 0.3) is 100.0 Å². The van der Waals surface area contributed by atoms with Crippen molar-refractivity contribution in [2.45, 2.75) is 0 Å². The van der Waals surface area contributed by atoms with E-state index in [0.717, 1.165) is 72.3 Å². The topological polar surface area (TPSA) is 38.9 Å². The molecule has 0 aliphatic carbocycles. The van der Waals surface area contributed by atoms with Crippen molar-refractivity contribution in [3.63, 3.8) is 0 Å². The van der Waals surface area contributed by atoms with E-state index in [1.54, 1.807) is 0 Å². The molecule has 0 spiro atoms. The minimum atomic E-state index is 0.690. The molecule has 2 aromatic heterocycles. The van der Waals surface area contributed by atoms with Gasteiger partial charge in [-0.3, -0.25) is 0 Å². The highest BCUT2D eigenvalue weighted by molar-refractivity contribution is 6.12. The van der Waals surface area contributed by atoms with Crippen LogP contribution in [0.1, 0.15) is 0 Å². The third-order valence-corrected chi connectivity index (χ3v) is 10.1. The molecule has 0 unspecified atom stereocenters. The summed E-state index contributed by atoms with van der Waals surface area (Å²) in [5.74, 6) is 0.690. The number of nitrogens with zero attached hydrogens (tertiary/aromatic N) is 2. The van der Waals surface area contributed by atoms with E-state index >= 15 is 0 Å². The van der Waals surface area contributed by atoms with Crippen molar-refractivity contribution in [3.05, 3.63) is 194 Å². The summed E-state index contributed by atoms with van der Waals surface area (Å²) < 4.78 is 6.35. The van der Waals surface area contributed by atoms with Gasteiger partial charge in [0.05, 0.1) is 11.4 Å². The highest BCUT2D eigenvalue weighted by atomic mass is 16.3. The maximum absolute atomic E-state index is 6.35. The Morgan fingerprint density at radius 1 is 0.321 bits per heavy atom. The monoisotopic (exact) mass is 676 g/mol. The number of rotatable bonds is 6. The zero-order chi connectivity index (χ0) is 35.1. The van der Waals surface area contributed by atoms with Crippen molar-refractivity contribution in [3.8, 4) is 67.3 Å². The lowest BCUT2D eigenvalue weighted by Gasteiger charge is -2.14. The molecule has 0 N–H and O–H groups in total. The van der Waals surface area contributed by atoms with Gasteiger partial charge in [0.2, 0.25) is 0 Å². The number of benzene rings is 8. The number of fused-ring (bicyclic) bond motifs is 4. The molecule has 3 nitrogen and oxygen atoms in total. The molecule has 0 atom stereocenters. The van der Waals surface area contributed by atoms with E-state index < -0.39 is 0 Å². The second kappa shape index (κ2) is 12.9. The van der Waals surface area contributed by atoms with E-state index in [0.29, 0.717) is 5.82 Å². The average molecular weight is 677 g/mol. The molecule has 8 aromatic carbocycles. The van der Waals surface area contributed by atoms with Crippen molar-refractivity contribution in [2.75, 3.05) is 0 Å². The normalized spacial score (nSPS) is 11.4. The fourth-order valence-electron chi connectivity index (χ4n) is 7.52. The summed E-state index contributed by atoms with van der Waals surface area (Å²) in [7, 11) is 0. The van der Waals surface area contributed by atoms with E-state index in [1.807, 2.05) is 36.4 Å². The van der Waals surface area contributed by atoms with Crippen molar-refractivity contribution in [1.82, 2.24) is 9.97 Å². The summed E-state index contributed by atoms with van der Waals surface area (Å²) in [5, 5.41) is 4.67. The van der Waals surface area contributed by atoms with E-state index in [9.17, 15) is 0 Å². The van der Waals surface area contributed by atoms with Crippen LogP contribution in [0.2, 0.25) is 0 Å². The Labute approximate surface area is 307 Å². The zero-order valence-electron chi connectivity index (χ0n) is 28.8. The van der Waals surface area contributed by atoms with Gasteiger partial charge in [-0.05, 0) is 86.6 Å². The molecule has 0 fully saturated rings. The zero-order valence-corrected chi connectivity index (χ0v) is 28.8. The molecule has 0 saturated carbocycles. The van der Waals surface area contributed by atoms with Gasteiger partial charge < -0.3 is 4.42 Å². The van der Waals surface area contributed by atoms with Gasteiger partial charge in [-0.2, -0.15) is 0 Å². The van der Waals surface area contributed by atoms with Crippen molar-refractivity contribution in [2.24, 2.45) is 0 Å². The summed E-state index contributed by atoms with van der Waals surface area (Å²) in [5.41, 5.74) is 13.3. The van der Waals surface area contributed by atoms with Crippen LogP contribution in [0.4, 0.5) is 0 Å². The van der Waals surface area contributed by atoms with Crippen LogP contribution in [0.5, 0.6) is 0 Å². The molecular weight excluding hydrogens is 645 g/mol. The first kappa shape index (κ1) is 30.7. The number of hydrogen-bond acceptors (Lipinski definition) is 3. The van der Waals surface area contributed by atoms with Crippen LogP contribution in [0, 0.1) is 0 Å². The van der Waals surface area contributed by atoms with Gasteiger partial charge in [0.15, 0.2) is 5.82 Å². The second-order valence-electron chi connectivity index (χ2n) is 13.4. The van der Waals surface area contributed by atoms with Gasteiger partial charge in [0.25, 0.3) is 0 Å². The van der Waals surface area contributed by atoms with Gasteiger partial charge in [0, 0.05) is 27.5 Å². The number of furan rings is 1. The number of aromatic nitrogens is 2. The molecule has 248 valence electrons. The molecule has 10 aromatic rings. The number of para-hydroxylation sites is 1. The van der Waals surface area contributed by atoms with Crippen LogP contribution in [0.3, 0.4) is 0 Å². The molecule has 0 radical (unpaired) electrons. The third kappa shape index (κ3) is 5.65. The van der Waals surface area contributed by atoms with Crippen molar-refractivity contribution >= 4 is 32.7 Å². The highest BCUT2D eigenvalue weighted by Gasteiger charge is 2.17. The standard InChI is InChI=1S/C50H32N2O/c1-3-15-34(16-4-1)45-32-46(52-50(51-45)35-17-5-2-6-18-35)40-30-38(36-20-11-21-37(28-36)42-24-12-19-33-14-7-8-22-41(33)42)29-39(31-40)43-25-13-27-48-49(43)44-23-9-10-26-47(44)53-48/h1-32H. The van der Waals surface area contributed by atoms with E-state index in [-0.39, 0.29) is 0 Å². The average Bonchev–Trinajstić information content (AvgIpc) is 3.63. The number of hydrogen-bond donors (Lipinski definition) is 0. The molecule has 0 saturated heterocycles. The Balaban J connectivity index is 1.22. The Bertz CT molecular complexity index is 2880. The SMILES string of the molecule is c1ccc(-c2cc(-c3cc(-c4cccc(-c5cccc6ccccc56)c4)cc(-c4cccc5oc6ccccc6c45)c3)nc(-c3ccccc3)n2)cc1. The van der Waals surface area contributed by atoms with Crippen molar-refractivity contribution in [1.29, 1.82) is 0 Å². The first-order valence-electron chi connectivity index (χ1n) is 17.9. The molecule has 3 heteroatoms. The summed E-state index contributed by atoms with van der Waals surface area (Å²) >= 11 is 0.